The van der Waals surface area contributed by atoms with Crippen LogP contribution in [0.3, 0.4) is 0 Å². The zero-order valence-electron chi connectivity index (χ0n) is 15.2. The molecule has 0 heterocycles. The average molecular weight is 448 g/mol. The monoisotopic (exact) mass is 448 g/mol. The fraction of sp³-hybridized carbons (Fsp3) is 0.611. The minimum Gasteiger partial charge on any atom is -0.383 e. The third kappa shape index (κ3) is 10.7. The van der Waals surface area contributed by atoms with Gasteiger partial charge in [-0.2, -0.15) is 0 Å². The van der Waals surface area contributed by atoms with Crippen LogP contribution in [-0.4, -0.2) is 39.8 Å². The Hall–Kier alpha value is -1.02. The van der Waals surface area contributed by atoms with E-state index in [0.717, 1.165) is 31.3 Å². The molecule has 0 saturated carbocycles. The average Bonchev–Trinajstić information content (AvgIpc) is 2.59. The number of hydrogen-bond acceptors (Lipinski definition) is 3. The molecule has 138 valence electrons. The molecule has 0 radical (unpaired) electrons. The maximum atomic E-state index is 5.03. The molecule has 0 aromatic heterocycles. The first-order valence-corrected chi connectivity index (χ1v) is 8.56. The van der Waals surface area contributed by atoms with Crippen LogP contribution in [0.4, 0.5) is 5.69 Å². The molecule has 3 N–H and O–H groups in total. The van der Waals surface area contributed by atoms with Crippen LogP contribution in [0, 0.1) is 0 Å². The SMILES string of the molecule is CCCCCCNC(=NC)NCc1ccc(NCCOC)cc1.I. The van der Waals surface area contributed by atoms with Crippen molar-refractivity contribution in [2.45, 2.75) is 39.2 Å². The Morgan fingerprint density at radius 3 is 2.42 bits per heavy atom. The van der Waals surface area contributed by atoms with Crippen molar-refractivity contribution < 1.29 is 4.74 Å². The van der Waals surface area contributed by atoms with Crippen LogP contribution in [-0.2, 0) is 11.3 Å². The van der Waals surface area contributed by atoms with E-state index in [1.807, 2.05) is 7.05 Å². The third-order valence-corrected chi connectivity index (χ3v) is 3.60. The van der Waals surface area contributed by atoms with Crippen LogP contribution in [0.25, 0.3) is 0 Å². The molecule has 0 aliphatic rings. The Balaban J connectivity index is 0.00000529. The molecule has 0 spiro atoms. The first-order chi connectivity index (χ1) is 11.3. The van der Waals surface area contributed by atoms with Crippen LogP contribution in [0.15, 0.2) is 29.3 Å². The minimum absolute atomic E-state index is 0. The van der Waals surface area contributed by atoms with E-state index in [1.54, 1.807) is 7.11 Å². The van der Waals surface area contributed by atoms with Gasteiger partial charge in [0, 0.05) is 39.5 Å². The molecule has 5 nitrogen and oxygen atoms in total. The van der Waals surface area contributed by atoms with Crippen molar-refractivity contribution in [3.05, 3.63) is 29.8 Å². The number of aliphatic imine (C=N–C) groups is 1. The number of nitrogens with one attached hydrogen (secondary N) is 3. The van der Waals surface area contributed by atoms with Gasteiger partial charge in [0.2, 0.25) is 0 Å². The summed E-state index contributed by atoms with van der Waals surface area (Å²) in [6.07, 6.45) is 5.04. The molecule has 0 atom stereocenters. The topological polar surface area (TPSA) is 57.7 Å². The highest BCUT2D eigenvalue weighted by Crippen LogP contribution is 2.09. The Morgan fingerprint density at radius 1 is 1.04 bits per heavy atom. The molecular formula is C18H33IN4O. The maximum absolute atomic E-state index is 5.03. The van der Waals surface area contributed by atoms with Gasteiger partial charge in [-0.05, 0) is 24.1 Å². The zero-order valence-corrected chi connectivity index (χ0v) is 17.6. The summed E-state index contributed by atoms with van der Waals surface area (Å²) < 4.78 is 5.03. The van der Waals surface area contributed by atoms with Gasteiger partial charge in [-0.3, -0.25) is 4.99 Å². The van der Waals surface area contributed by atoms with E-state index in [-0.39, 0.29) is 24.0 Å². The molecule has 0 saturated heterocycles. The molecule has 0 unspecified atom stereocenters. The fourth-order valence-electron chi connectivity index (χ4n) is 2.20. The van der Waals surface area contributed by atoms with Crippen LogP contribution in [0.2, 0.25) is 0 Å². The molecular weight excluding hydrogens is 415 g/mol. The molecule has 1 rings (SSSR count). The summed E-state index contributed by atoms with van der Waals surface area (Å²) in [4.78, 5) is 4.26. The maximum Gasteiger partial charge on any atom is 0.191 e. The number of halogens is 1. The van der Waals surface area contributed by atoms with E-state index < -0.39 is 0 Å². The van der Waals surface area contributed by atoms with E-state index >= 15 is 0 Å². The molecule has 0 bridgehead atoms. The second-order valence-corrected chi connectivity index (χ2v) is 5.53. The van der Waals surface area contributed by atoms with E-state index in [4.69, 9.17) is 4.74 Å². The van der Waals surface area contributed by atoms with Crippen molar-refractivity contribution in [2.24, 2.45) is 4.99 Å². The first kappa shape index (κ1) is 23.0. The van der Waals surface area contributed by atoms with Gasteiger partial charge in [0.1, 0.15) is 0 Å². The number of anilines is 1. The summed E-state index contributed by atoms with van der Waals surface area (Å²) in [6, 6.07) is 8.43. The van der Waals surface area contributed by atoms with Gasteiger partial charge in [0.15, 0.2) is 5.96 Å². The van der Waals surface area contributed by atoms with Gasteiger partial charge < -0.3 is 20.7 Å². The summed E-state index contributed by atoms with van der Waals surface area (Å²) in [5.41, 5.74) is 2.35. The van der Waals surface area contributed by atoms with Crippen LogP contribution in [0.5, 0.6) is 0 Å². The van der Waals surface area contributed by atoms with Crippen molar-refractivity contribution in [1.29, 1.82) is 0 Å². The van der Waals surface area contributed by atoms with Gasteiger partial charge in [-0.25, -0.2) is 0 Å². The van der Waals surface area contributed by atoms with Crippen LogP contribution in [0.1, 0.15) is 38.2 Å². The Labute approximate surface area is 164 Å². The van der Waals surface area contributed by atoms with Gasteiger partial charge in [0.05, 0.1) is 6.61 Å². The number of benzene rings is 1. The highest BCUT2D eigenvalue weighted by Gasteiger charge is 1.99. The van der Waals surface area contributed by atoms with Gasteiger partial charge in [-0.15, -0.1) is 24.0 Å². The van der Waals surface area contributed by atoms with Crippen LogP contribution >= 0.6 is 24.0 Å². The molecule has 0 fully saturated rings. The van der Waals surface area contributed by atoms with Gasteiger partial charge in [-0.1, -0.05) is 38.3 Å². The van der Waals surface area contributed by atoms with E-state index in [0.29, 0.717) is 6.61 Å². The lowest BCUT2D eigenvalue weighted by molar-refractivity contribution is 0.211. The second kappa shape index (κ2) is 15.5. The number of hydrogen-bond donors (Lipinski definition) is 3. The van der Waals surface area contributed by atoms with E-state index in [2.05, 4.69) is 52.1 Å². The molecule has 1 aromatic carbocycles. The van der Waals surface area contributed by atoms with Crippen molar-refractivity contribution >= 4 is 35.6 Å². The first-order valence-electron chi connectivity index (χ1n) is 8.56. The number of ether oxygens (including phenoxy) is 1. The highest BCUT2D eigenvalue weighted by atomic mass is 127. The molecule has 0 aliphatic carbocycles. The summed E-state index contributed by atoms with van der Waals surface area (Å²) in [6.45, 7) is 5.51. The van der Waals surface area contributed by atoms with Crippen LogP contribution < -0.4 is 16.0 Å². The summed E-state index contributed by atoms with van der Waals surface area (Å²) in [5, 5.41) is 10.0. The van der Waals surface area contributed by atoms with Crippen molar-refractivity contribution in [2.75, 3.05) is 39.2 Å². The number of methoxy groups -OCH3 is 1. The van der Waals surface area contributed by atoms with E-state index in [9.17, 15) is 0 Å². The molecule has 0 amide bonds. The smallest absolute Gasteiger partial charge is 0.191 e. The van der Waals surface area contributed by atoms with Crippen molar-refractivity contribution in [1.82, 2.24) is 10.6 Å². The third-order valence-electron chi connectivity index (χ3n) is 3.60. The van der Waals surface area contributed by atoms with Crippen molar-refractivity contribution in [3.63, 3.8) is 0 Å². The van der Waals surface area contributed by atoms with E-state index in [1.165, 1.54) is 31.2 Å². The van der Waals surface area contributed by atoms with Gasteiger partial charge in [0.25, 0.3) is 0 Å². The molecule has 0 aliphatic heterocycles. The summed E-state index contributed by atoms with van der Waals surface area (Å²) >= 11 is 0. The lowest BCUT2D eigenvalue weighted by atomic mass is 10.2. The zero-order chi connectivity index (χ0) is 16.8. The Morgan fingerprint density at radius 2 is 1.79 bits per heavy atom. The quantitative estimate of drug-likeness (QED) is 0.210. The fourth-order valence-corrected chi connectivity index (χ4v) is 2.20. The summed E-state index contributed by atoms with van der Waals surface area (Å²) in [5.74, 6) is 0.865. The molecule has 6 heteroatoms. The normalized spacial score (nSPS) is 10.9. The predicted molar refractivity (Wildman–Crippen MR) is 115 cm³/mol. The Kier molecular flexibility index (Phi) is 14.8. The minimum atomic E-state index is 0. The number of rotatable bonds is 11. The Bertz CT molecular complexity index is 437. The van der Waals surface area contributed by atoms with Gasteiger partial charge >= 0.3 is 0 Å². The number of nitrogens with zero attached hydrogens (tertiary/aromatic N) is 1. The number of guanidine groups is 1. The lowest BCUT2D eigenvalue weighted by Crippen LogP contribution is -2.37. The largest absolute Gasteiger partial charge is 0.383 e. The predicted octanol–water partition coefficient (Wildman–Crippen LogP) is 3.61. The molecule has 24 heavy (non-hydrogen) atoms. The van der Waals surface area contributed by atoms with Crippen molar-refractivity contribution in [3.8, 4) is 0 Å². The highest BCUT2D eigenvalue weighted by molar-refractivity contribution is 14.0. The molecule has 1 aromatic rings. The second-order valence-electron chi connectivity index (χ2n) is 5.53. The number of unbranched alkanes of at least 4 members (excludes halogenated alkanes) is 3. The standard InChI is InChI=1S/C18H32N4O.HI/c1-4-5-6-7-12-21-18(19-2)22-15-16-8-10-17(11-9-16)20-13-14-23-3;/h8-11,20H,4-7,12-15H2,1-3H3,(H2,19,21,22);1H. The lowest BCUT2D eigenvalue weighted by Gasteiger charge is -2.12. The summed E-state index contributed by atoms with van der Waals surface area (Å²) in [7, 11) is 3.52.